The molecule has 45 heavy (non-hydrogen) atoms. The van der Waals surface area contributed by atoms with E-state index in [-0.39, 0.29) is 0 Å². The fraction of sp³-hybridized carbons (Fsp3) is 1.00. The van der Waals surface area contributed by atoms with E-state index in [0.29, 0.717) is 0 Å². The zero-order valence-corrected chi connectivity index (χ0v) is 23.5. The van der Waals surface area contributed by atoms with Gasteiger partial charge >= 0.3 is 0 Å². The number of hydrogen-bond donors (Lipinski definition) is 14. The second-order valence-electron chi connectivity index (χ2n) is 11.3. The van der Waals surface area contributed by atoms with Crippen LogP contribution in [0.2, 0.25) is 0 Å². The van der Waals surface area contributed by atoms with Crippen LogP contribution < -0.4 is 0 Å². The maximum atomic E-state index is 10.4. The molecule has 0 aliphatic carbocycles. The van der Waals surface area contributed by atoms with Gasteiger partial charge in [-0.05, 0) is 0 Å². The summed E-state index contributed by atoms with van der Waals surface area (Å²) >= 11 is 0. The molecule has 4 fully saturated rings. The monoisotopic (exact) mass is 666 g/mol. The topological polar surface area (TPSA) is 348 Å². The van der Waals surface area contributed by atoms with Crippen molar-refractivity contribution in [3.8, 4) is 0 Å². The molecule has 0 unspecified atom stereocenters. The van der Waals surface area contributed by atoms with E-state index in [9.17, 15) is 71.5 Å². The molecule has 21 nitrogen and oxygen atoms in total. The molecule has 14 N–H and O–H groups in total. The highest BCUT2D eigenvalue weighted by molar-refractivity contribution is 4.94. The second-order valence-corrected chi connectivity index (χ2v) is 11.3. The predicted octanol–water partition coefficient (Wildman–Crippen LogP) is -9.75. The molecule has 0 spiro atoms. The van der Waals surface area contributed by atoms with Crippen molar-refractivity contribution in [1.29, 1.82) is 0 Å². The Bertz CT molecular complexity index is 916. The predicted molar refractivity (Wildman–Crippen MR) is 134 cm³/mol. The summed E-state index contributed by atoms with van der Waals surface area (Å²) in [5.41, 5.74) is 0. The first-order chi connectivity index (χ1) is 21.2. The summed E-state index contributed by atoms with van der Waals surface area (Å²) in [5.74, 6) is 0. The van der Waals surface area contributed by atoms with Crippen LogP contribution in [0.1, 0.15) is 0 Å². The highest BCUT2D eigenvalue weighted by Crippen LogP contribution is 2.29. The molecule has 4 aliphatic heterocycles. The molecule has 0 aromatic carbocycles. The Labute approximate surface area is 254 Å². The average molecular weight is 667 g/mol. The van der Waals surface area contributed by atoms with Gasteiger partial charge in [0.15, 0.2) is 25.2 Å². The standard InChI is InChI=1S/C24H42O21/c25-1-5-9(26)14(31)18(35)22(43-5)40-3-7-11(28)16(33)20(37)24(45-7)41-4-8-12(29)15(32)19(36)23(44-8)39-2-6-10(27)13(30)17(34)21(38)42-6/h5-38H,1-4H2/t5-,6+,7+,8+,9-,10+,11+,12+,13-,14+,15-,16-,17+,18-,19+,20+,21+,22-,23+,24+/m0/s1. The SMILES string of the molecule is OC[C@@H]1O[C@H](OC[C@H]2O[C@@H](OC[C@H]3O[C@@H](OC[C@H]4O[C@@H](O)[C@H](O)[C@@H](O)[C@@H]4O)[C@H](O)[C@@H](O)[C@@H]3O)[C@H](O)[C@@H](O)[C@@H]2O)[C@@H](O)[C@H](O)[C@H]1O. The normalized spacial score (nSPS) is 52.9. The Balaban J connectivity index is 1.33. The van der Waals surface area contributed by atoms with E-state index < -0.39 is 149 Å². The fourth-order valence-corrected chi connectivity index (χ4v) is 5.23. The maximum Gasteiger partial charge on any atom is 0.186 e. The summed E-state index contributed by atoms with van der Waals surface area (Å²) < 4.78 is 37.2. The van der Waals surface area contributed by atoms with E-state index in [2.05, 4.69) is 0 Å². The van der Waals surface area contributed by atoms with Gasteiger partial charge in [0.1, 0.15) is 97.7 Å². The third-order valence-electron chi connectivity index (χ3n) is 8.15. The first kappa shape index (κ1) is 37.0. The highest BCUT2D eigenvalue weighted by Gasteiger charge is 2.50. The molecule has 0 bridgehead atoms. The van der Waals surface area contributed by atoms with Crippen molar-refractivity contribution >= 4 is 0 Å². The first-order valence-corrected chi connectivity index (χ1v) is 14.1. The largest absolute Gasteiger partial charge is 0.394 e. The molecule has 21 heteroatoms. The zero-order valence-electron chi connectivity index (χ0n) is 23.5. The quantitative estimate of drug-likeness (QED) is 0.103. The lowest BCUT2D eigenvalue weighted by Crippen LogP contribution is -2.63. The van der Waals surface area contributed by atoms with Crippen LogP contribution in [-0.2, 0) is 33.2 Å². The Kier molecular flexibility index (Phi) is 12.8. The van der Waals surface area contributed by atoms with Crippen LogP contribution in [0, 0.1) is 0 Å². The van der Waals surface area contributed by atoms with Crippen molar-refractivity contribution in [3.05, 3.63) is 0 Å². The zero-order chi connectivity index (χ0) is 33.3. The van der Waals surface area contributed by atoms with Crippen LogP contribution in [0.25, 0.3) is 0 Å². The number of rotatable bonds is 10. The van der Waals surface area contributed by atoms with Crippen molar-refractivity contribution < 1.29 is 105 Å². The van der Waals surface area contributed by atoms with Crippen molar-refractivity contribution in [3.63, 3.8) is 0 Å². The lowest BCUT2D eigenvalue weighted by Gasteiger charge is -2.44. The van der Waals surface area contributed by atoms with Gasteiger partial charge in [0.05, 0.1) is 26.4 Å². The molecule has 0 saturated carbocycles. The van der Waals surface area contributed by atoms with Gasteiger partial charge in [-0.1, -0.05) is 0 Å². The van der Waals surface area contributed by atoms with Crippen LogP contribution in [0.5, 0.6) is 0 Å². The number of hydrogen-bond acceptors (Lipinski definition) is 21. The molecule has 0 aromatic heterocycles. The van der Waals surface area contributed by atoms with E-state index in [1.165, 1.54) is 0 Å². The molecular weight excluding hydrogens is 624 g/mol. The number of aliphatic hydroxyl groups excluding tert-OH is 14. The Morgan fingerprint density at radius 2 is 0.622 bits per heavy atom. The molecule has 4 aliphatic rings. The van der Waals surface area contributed by atoms with Gasteiger partial charge in [0.25, 0.3) is 0 Å². The number of aliphatic hydroxyl groups is 14. The summed E-state index contributed by atoms with van der Waals surface area (Å²) in [6, 6.07) is 0. The molecular formula is C24H42O21. The summed E-state index contributed by atoms with van der Waals surface area (Å²) in [7, 11) is 0. The molecule has 4 saturated heterocycles. The molecule has 264 valence electrons. The average Bonchev–Trinajstić information content (AvgIpc) is 3.02. The lowest BCUT2D eigenvalue weighted by molar-refractivity contribution is -0.346. The lowest BCUT2D eigenvalue weighted by atomic mass is 9.98. The first-order valence-electron chi connectivity index (χ1n) is 14.1. The summed E-state index contributed by atoms with van der Waals surface area (Å²) in [5, 5.41) is 141. The van der Waals surface area contributed by atoms with Crippen molar-refractivity contribution in [1.82, 2.24) is 0 Å². The van der Waals surface area contributed by atoms with Gasteiger partial charge in [0.2, 0.25) is 0 Å². The molecule has 0 radical (unpaired) electrons. The Hall–Kier alpha value is -0.840. The van der Waals surface area contributed by atoms with Gasteiger partial charge in [-0.15, -0.1) is 0 Å². The van der Waals surface area contributed by atoms with Crippen molar-refractivity contribution in [2.75, 3.05) is 26.4 Å². The van der Waals surface area contributed by atoms with Crippen LogP contribution in [0.4, 0.5) is 0 Å². The third kappa shape index (κ3) is 7.91. The molecule has 4 heterocycles. The van der Waals surface area contributed by atoms with Gasteiger partial charge in [-0.3, -0.25) is 0 Å². The smallest absolute Gasteiger partial charge is 0.186 e. The van der Waals surface area contributed by atoms with Gasteiger partial charge in [0, 0.05) is 0 Å². The van der Waals surface area contributed by atoms with Crippen LogP contribution in [0.3, 0.4) is 0 Å². The second kappa shape index (κ2) is 15.6. The van der Waals surface area contributed by atoms with Crippen LogP contribution >= 0.6 is 0 Å². The highest BCUT2D eigenvalue weighted by atomic mass is 16.7. The summed E-state index contributed by atoms with van der Waals surface area (Å²) in [6.45, 7) is -2.67. The van der Waals surface area contributed by atoms with Crippen LogP contribution in [0.15, 0.2) is 0 Å². The van der Waals surface area contributed by atoms with E-state index in [1.807, 2.05) is 0 Å². The third-order valence-corrected chi connectivity index (χ3v) is 8.15. The van der Waals surface area contributed by atoms with Crippen LogP contribution in [-0.4, -0.2) is 221 Å². The maximum absolute atomic E-state index is 10.4. The Morgan fingerprint density at radius 3 is 0.978 bits per heavy atom. The number of ether oxygens (including phenoxy) is 7. The van der Waals surface area contributed by atoms with E-state index >= 15 is 0 Å². The minimum atomic E-state index is -1.88. The summed E-state index contributed by atoms with van der Waals surface area (Å²) in [4.78, 5) is 0. The van der Waals surface area contributed by atoms with E-state index in [1.54, 1.807) is 0 Å². The minimum Gasteiger partial charge on any atom is -0.394 e. The molecule has 0 amide bonds. The summed E-state index contributed by atoms with van der Waals surface area (Å²) in [6.07, 6.45) is -34.1. The minimum absolute atomic E-state index is 0.633. The van der Waals surface area contributed by atoms with E-state index in [0.717, 1.165) is 0 Å². The van der Waals surface area contributed by atoms with Crippen molar-refractivity contribution in [2.45, 2.75) is 123 Å². The fourth-order valence-electron chi connectivity index (χ4n) is 5.23. The van der Waals surface area contributed by atoms with Gasteiger partial charge in [-0.2, -0.15) is 0 Å². The Morgan fingerprint density at radius 1 is 0.333 bits per heavy atom. The van der Waals surface area contributed by atoms with E-state index in [4.69, 9.17) is 33.2 Å². The van der Waals surface area contributed by atoms with Gasteiger partial charge < -0.3 is 105 Å². The van der Waals surface area contributed by atoms with Gasteiger partial charge in [-0.25, -0.2) is 0 Å². The molecule has 0 aromatic rings. The van der Waals surface area contributed by atoms with Crippen molar-refractivity contribution in [2.24, 2.45) is 0 Å². The molecule has 20 atom stereocenters. The molecule has 4 rings (SSSR count).